The molecule has 1 aromatic carbocycles. The van der Waals surface area contributed by atoms with Gasteiger partial charge >= 0.3 is 5.97 Å². The Labute approximate surface area is 81.0 Å². The molecule has 0 unspecified atom stereocenters. The summed E-state index contributed by atoms with van der Waals surface area (Å²) in [7, 11) is 0. The van der Waals surface area contributed by atoms with Crippen LogP contribution in [0.5, 0.6) is 0 Å². The highest BCUT2D eigenvalue weighted by molar-refractivity contribution is 5.93. The van der Waals surface area contributed by atoms with Gasteiger partial charge < -0.3 is 21.7 Å². The summed E-state index contributed by atoms with van der Waals surface area (Å²) in [4.78, 5) is 10.7. The predicted molar refractivity (Wildman–Crippen MR) is 51.8 cm³/mol. The van der Waals surface area contributed by atoms with Crippen molar-refractivity contribution in [2.45, 2.75) is 6.04 Å². The normalized spacial score (nSPS) is 12.4. The number of benzene rings is 1. The molecule has 1 rings (SSSR count). The zero-order chi connectivity index (χ0) is 10.7. The first kappa shape index (κ1) is 10.5. The van der Waals surface area contributed by atoms with Crippen LogP contribution in [0.25, 0.3) is 0 Å². The molecule has 0 saturated heterocycles. The molecule has 5 heteroatoms. The maximum absolute atomic E-state index is 10.7. The topological polar surface area (TPSA) is 110 Å². The highest BCUT2D eigenvalue weighted by Crippen LogP contribution is 2.17. The quantitative estimate of drug-likeness (QED) is 0.507. The van der Waals surface area contributed by atoms with Gasteiger partial charge in [-0.05, 0) is 17.7 Å². The van der Waals surface area contributed by atoms with Gasteiger partial charge in [-0.3, -0.25) is 0 Å². The number of aliphatic hydroxyl groups is 1. The van der Waals surface area contributed by atoms with E-state index in [2.05, 4.69) is 0 Å². The van der Waals surface area contributed by atoms with Gasteiger partial charge in [-0.15, -0.1) is 0 Å². The lowest BCUT2D eigenvalue weighted by Gasteiger charge is -2.10. The second kappa shape index (κ2) is 4.08. The zero-order valence-corrected chi connectivity index (χ0v) is 7.47. The average Bonchev–Trinajstić information content (AvgIpc) is 2.17. The summed E-state index contributed by atoms with van der Waals surface area (Å²) in [6.45, 7) is -0.233. The smallest absolute Gasteiger partial charge is 0.337 e. The largest absolute Gasteiger partial charge is 0.478 e. The van der Waals surface area contributed by atoms with Crippen molar-refractivity contribution >= 4 is 11.7 Å². The molecular formula is C9H12N2O3. The summed E-state index contributed by atoms with van der Waals surface area (Å²) in [6.07, 6.45) is 0. The number of carboxylic acids is 1. The van der Waals surface area contributed by atoms with E-state index in [0.717, 1.165) is 0 Å². The van der Waals surface area contributed by atoms with Crippen LogP contribution in [0.4, 0.5) is 5.69 Å². The molecular weight excluding hydrogens is 184 g/mol. The van der Waals surface area contributed by atoms with Gasteiger partial charge in [-0.25, -0.2) is 4.79 Å². The maximum atomic E-state index is 10.7. The van der Waals surface area contributed by atoms with Gasteiger partial charge in [0.05, 0.1) is 18.2 Å². The molecule has 6 N–H and O–H groups in total. The third kappa shape index (κ3) is 2.01. The van der Waals surface area contributed by atoms with Crippen molar-refractivity contribution in [3.05, 3.63) is 29.3 Å². The van der Waals surface area contributed by atoms with Crippen LogP contribution in [0, 0.1) is 0 Å². The summed E-state index contributed by atoms with van der Waals surface area (Å²) in [5, 5.41) is 17.5. The molecule has 0 radical (unpaired) electrons. The molecule has 0 spiro atoms. The van der Waals surface area contributed by atoms with Crippen molar-refractivity contribution in [2.24, 2.45) is 5.73 Å². The van der Waals surface area contributed by atoms with E-state index in [1.807, 2.05) is 0 Å². The Balaban J connectivity index is 3.12. The molecule has 0 fully saturated rings. The highest BCUT2D eigenvalue weighted by atomic mass is 16.4. The summed E-state index contributed by atoms with van der Waals surface area (Å²) in [5.41, 5.74) is 11.7. The Morgan fingerprint density at radius 2 is 2.14 bits per heavy atom. The van der Waals surface area contributed by atoms with Gasteiger partial charge in [-0.2, -0.15) is 0 Å². The number of carboxylic acid groups (broad SMARTS) is 1. The average molecular weight is 196 g/mol. The van der Waals surface area contributed by atoms with E-state index in [1.54, 1.807) is 6.07 Å². The van der Waals surface area contributed by atoms with E-state index < -0.39 is 12.0 Å². The second-order valence-electron chi connectivity index (χ2n) is 2.94. The van der Waals surface area contributed by atoms with Crippen LogP contribution < -0.4 is 11.5 Å². The molecule has 0 heterocycles. The zero-order valence-electron chi connectivity index (χ0n) is 7.47. The number of hydrogen-bond donors (Lipinski definition) is 4. The van der Waals surface area contributed by atoms with Crippen LogP contribution in [0.3, 0.4) is 0 Å². The highest BCUT2D eigenvalue weighted by Gasteiger charge is 2.11. The Morgan fingerprint density at radius 1 is 1.50 bits per heavy atom. The number of aliphatic hydroxyl groups excluding tert-OH is 1. The van der Waals surface area contributed by atoms with Crippen molar-refractivity contribution in [3.8, 4) is 0 Å². The third-order valence-corrected chi connectivity index (χ3v) is 1.93. The standard InChI is InChI=1S/C9H12N2O3/c10-7-2-1-5(8(11)4-12)3-6(7)9(13)14/h1-3,8,12H,4,10-11H2,(H,13,14)/t8-/m1/s1. The summed E-state index contributed by atoms with van der Waals surface area (Å²) in [6, 6.07) is 3.86. The fourth-order valence-electron chi connectivity index (χ4n) is 1.10. The number of nitrogen functional groups attached to an aromatic ring is 1. The Bertz CT molecular complexity index is 352. The van der Waals surface area contributed by atoms with E-state index in [-0.39, 0.29) is 17.9 Å². The van der Waals surface area contributed by atoms with Crippen LogP contribution in [0.1, 0.15) is 22.0 Å². The summed E-state index contributed by atoms with van der Waals surface area (Å²) < 4.78 is 0. The van der Waals surface area contributed by atoms with E-state index in [9.17, 15) is 4.79 Å². The number of rotatable bonds is 3. The van der Waals surface area contributed by atoms with Gasteiger partial charge in [-0.1, -0.05) is 6.07 Å². The Morgan fingerprint density at radius 3 is 2.64 bits per heavy atom. The monoisotopic (exact) mass is 196 g/mol. The van der Waals surface area contributed by atoms with Crippen LogP contribution in [0.15, 0.2) is 18.2 Å². The Hall–Kier alpha value is -1.59. The van der Waals surface area contributed by atoms with Crippen LogP contribution >= 0.6 is 0 Å². The molecule has 0 saturated carbocycles. The number of nitrogens with two attached hydrogens (primary N) is 2. The van der Waals surface area contributed by atoms with Gasteiger partial charge in [0.2, 0.25) is 0 Å². The third-order valence-electron chi connectivity index (χ3n) is 1.93. The second-order valence-corrected chi connectivity index (χ2v) is 2.94. The minimum absolute atomic E-state index is 0.00593. The summed E-state index contributed by atoms with van der Waals surface area (Å²) in [5.74, 6) is -1.10. The van der Waals surface area contributed by atoms with Crippen molar-refractivity contribution in [2.75, 3.05) is 12.3 Å². The van der Waals surface area contributed by atoms with Gasteiger partial charge in [0.15, 0.2) is 0 Å². The number of carbonyl (C=O) groups is 1. The van der Waals surface area contributed by atoms with Crippen LogP contribution in [0.2, 0.25) is 0 Å². The van der Waals surface area contributed by atoms with Crippen molar-refractivity contribution < 1.29 is 15.0 Å². The van der Waals surface area contributed by atoms with Crippen LogP contribution in [-0.2, 0) is 0 Å². The Kier molecular flexibility index (Phi) is 3.06. The minimum atomic E-state index is -1.10. The van der Waals surface area contributed by atoms with E-state index in [4.69, 9.17) is 21.7 Å². The van der Waals surface area contributed by atoms with Gasteiger partial charge in [0.25, 0.3) is 0 Å². The number of anilines is 1. The number of hydrogen-bond acceptors (Lipinski definition) is 4. The van der Waals surface area contributed by atoms with Gasteiger partial charge in [0.1, 0.15) is 0 Å². The summed E-state index contributed by atoms with van der Waals surface area (Å²) >= 11 is 0. The SMILES string of the molecule is Nc1ccc([C@H](N)CO)cc1C(=O)O. The predicted octanol–water partition coefficient (Wildman–Crippen LogP) is -0.0409. The fraction of sp³-hybridized carbons (Fsp3) is 0.222. The maximum Gasteiger partial charge on any atom is 0.337 e. The first-order valence-corrected chi connectivity index (χ1v) is 4.05. The lowest BCUT2D eigenvalue weighted by molar-refractivity contribution is 0.0698. The molecule has 5 nitrogen and oxygen atoms in total. The molecule has 0 aliphatic carbocycles. The molecule has 0 amide bonds. The van der Waals surface area contributed by atoms with Crippen molar-refractivity contribution in [1.29, 1.82) is 0 Å². The van der Waals surface area contributed by atoms with Crippen LogP contribution in [-0.4, -0.2) is 22.8 Å². The first-order valence-electron chi connectivity index (χ1n) is 4.05. The molecule has 14 heavy (non-hydrogen) atoms. The van der Waals surface area contributed by atoms with E-state index in [1.165, 1.54) is 12.1 Å². The van der Waals surface area contributed by atoms with Crippen molar-refractivity contribution in [1.82, 2.24) is 0 Å². The molecule has 1 aromatic rings. The molecule has 1 atom stereocenters. The molecule has 76 valence electrons. The van der Waals surface area contributed by atoms with Crippen molar-refractivity contribution in [3.63, 3.8) is 0 Å². The molecule has 0 aliphatic rings. The first-order chi connectivity index (χ1) is 6.56. The van der Waals surface area contributed by atoms with E-state index in [0.29, 0.717) is 5.56 Å². The fourth-order valence-corrected chi connectivity index (χ4v) is 1.10. The van der Waals surface area contributed by atoms with Gasteiger partial charge in [0, 0.05) is 5.69 Å². The lowest BCUT2D eigenvalue weighted by Crippen LogP contribution is -2.15. The molecule has 0 aliphatic heterocycles. The molecule has 0 aromatic heterocycles. The minimum Gasteiger partial charge on any atom is -0.478 e. The lowest BCUT2D eigenvalue weighted by atomic mass is 10.0. The number of aromatic carboxylic acids is 1. The van der Waals surface area contributed by atoms with E-state index >= 15 is 0 Å². The molecule has 0 bridgehead atoms.